The van der Waals surface area contributed by atoms with Crippen LogP contribution in [0.25, 0.3) is 33.5 Å². The van der Waals surface area contributed by atoms with Crippen molar-refractivity contribution in [2.24, 2.45) is 0 Å². The molecule has 4 aromatic heterocycles. The molecule has 0 radical (unpaired) electrons. The number of nitrogens with one attached hydrogen (secondary N) is 6. The van der Waals surface area contributed by atoms with Gasteiger partial charge in [0.2, 0.25) is 23.7 Å². The van der Waals surface area contributed by atoms with E-state index in [0.29, 0.717) is 36.6 Å². The molecule has 7 aromatic rings. The Morgan fingerprint density at radius 1 is 0.558 bits per heavy atom. The highest BCUT2D eigenvalue weighted by atomic mass is 79.9. The molecule has 4 atom stereocenters. The van der Waals surface area contributed by atoms with Crippen molar-refractivity contribution in [1.82, 2.24) is 49.7 Å². The van der Waals surface area contributed by atoms with Crippen molar-refractivity contribution in [3.63, 3.8) is 0 Å². The van der Waals surface area contributed by atoms with E-state index in [0.717, 1.165) is 89.3 Å². The summed E-state index contributed by atoms with van der Waals surface area (Å²) in [4.78, 5) is 71.6. The maximum Gasteiger partial charge on any atom is 0.310 e. The van der Waals surface area contributed by atoms with Crippen LogP contribution in [0.5, 0.6) is 0 Å². The fourth-order valence-corrected chi connectivity index (χ4v) is 9.66. The van der Waals surface area contributed by atoms with Gasteiger partial charge >= 0.3 is 11.9 Å². The lowest BCUT2D eigenvalue weighted by Crippen LogP contribution is -2.48. The van der Waals surface area contributed by atoms with Gasteiger partial charge in [-0.05, 0) is 87.8 Å². The second-order valence-electron chi connectivity index (χ2n) is 19.8. The Morgan fingerprint density at radius 3 is 1.32 bits per heavy atom. The minimum Gasteiger partial charge on any atom is -0.394 e. The van der Waals surface area contributed by atoms with Crippen LogP contribution in [0.15, 0.2) is 96.0 Å². The molecule has 2 aliphatic carbocycles. The molecule has 20 heteroatoms. The average Bonchev–Trinajstić information content (AvgIpc) is 4.05. The van der Waals surface area contributed by atoms with Crippen molar-refractivity contribution in [3.05, 3.63) is 107 Å². The summed E-state index contributed by atoms with van der Waals surface area (Å²) in [6.07, 6.45) is 11.9. The molecule has 2 aliphatic rings. The first kappa shape index (κ1) is 58.8. The molecule has 6 N–H and O–H groups in total. The highest BCUT2D eigenvalue weighted by molar-refractivity contribution is 9.10. The number of amides is 2. The Hall–Kier alpha value is -7.48. The number of rotatable bonds is 15. The standard InChI is InChI=1S/C29H35N7O.C23H30BrN7O.C4H6O3.CH4/c1-19(2)36-18-31-26-27(30-17-21-13-15-23(16-14-21)22-9-5-4-6-10-22)34-29(35-28(26)36)33-25-12-8-7-11-24(25)32-20(3)37;1-14(2)31-13-26-20-21(25-12-16-8-10-17(24)11-9-16)29-23(30-22(20)31)28-19-7-5-4-6-18(19)27-15(3)32;1-3(5)7-4(2)6;/h4-6,9-10,13-16,18-19,24-25H,7-8,11-12,17H2,1-3H3,(H,32,37)(H2,30,33,34,35);8-11,13-14,18-19H,4-7,12H2,1-3H3,(H,27,32)(H2,25,28,29,30);1-2H3;1H4/t24-,25-;18-,19-;;/m00../s1. The van der Waals surface area contributed by atoms with E-state index in [4.69, 9.17) is 19.9 Å². The molecule has 0 saturated heterocycles. The van der Waals surface area contributed by atoms with Crippen LogP contribution >= 0.6 is 15.9 Å². The predicted molar refractivity (Wildman–Crippen MR) is 308 cm³/mol. The summed E-state index contributed by atoms with van der Waals surface area (Å²) in [6.45, 7) is 15.2. The summed E-state index contributed by atoms with van der Waals surface area (Å²) in [5, 5.41) is 20.2. The first-order valence-corrected chi connectivity index (χ1v) is 26.9. The van der Waals surface area contributed by atoms with Crippen LogP contribution in [0.3, 0.4) is 0 Å². The van der Waals surface area contributed by atoms with Crippen molar-refractivity contribution >= 4 is 85.5 Å². The molecule has 19 nitrogen and oxygen atoms in total. The molecular formula is C57H75BrN14O5. The first-order valence-electron chi connectivity index (χ1n) is 26.1. The largest absolute Gasteiger partial charge is 0.394 e. The van der Waals surface area contributed by atoms with Gasteiger partial charge in [0.15, 0.2) is 34.0 Å². The summed E-state index contributed by atoms with van der Waals surface area (Å²) in [7, 11) is 0. The number of hydrogen-bond donors (Lipinski definition) is 6. The number of imidazole rings is 2. The minimum absolute atomic E-state index is 0. The lowest BCUT2D eigenvalue weighted by Gasteiger charge is -2.32. The van der Waals surface area contributed by atoms with Gasteiger partial charge in [-0.3, -0.25) is 19.2 Å². The van der Waals surface area contributed by atoms with Crippen LogP contribution in [-0.2, 0) is 37.0 Å². The molecule has 4 heterocycles. The van der Waals surface area contributed by atoms with Crippen LogP contribution in [0.2, 0.25) is 0 Å². The van der Waals surface area contributed by atoms with Crippen LogP contribution in [0, 0.1) is 0 Å². The van der Waals surface area contributed by atoms with Crippen molar-refractivity contribution in [3.8, 4) is 11.1 Å². The van der Waals surface area contributed by atoms with E-state index in [9.17, 15) is 19.2 Å². The summed E-state index contributed by atoms with van der Waals surface area (Å²) in [5.74, 6) is 1.38. The monoisotopic (exact) mass is 1110 g/mol. The lowest BCUT2D eigenvalue weighted by atomic mass is 9.90. The molecular weight excluding hydrogens is 1040 g/mol. The van der Waals surface area contributed by atoms with E-state index in [2.05, 4.69) is 160 Å². The molecule has 410 valence electrons. The fraction of sp³-hybridized carbons (Fsp3) is 0.439. The summed E-state index contributed by atoms with van der Waals surface area (Å²) >= 11 is 3.48. The first-order chi connectivity index (χ1) is 36.5. The number of esters is 2. The number of halogens is 1. The van der Waals surface area contributed by atoms with Gasteiger partial charge < -0.3 is 45.8 Å². The Labute approximate surface area is 460 Å². The Balaban J connectivity index is 0.000000221. The topological polar surface area (TPSA) is 237 Å². The predicted octanol–water partition coefficient (Wildman–Crippen LogP) is 10.9. The highest BCUT2D eigenvalue weighted by Crippen LogP contribution is 2.29. The number of fused-ring (bicyclic) bond motifs is 2. The third kappa shape index (κ3) is 16.8. The molecule has 2 amide bonds. The molecule has 9 rings (SSSR count). The number of anilines is 4. The zero-order valence-electron chi connectivity index (χ0n) is 44.7. The quantitative estimate of drug-likeness (QED) is 0.0414. The van der Waals surface area contributed by atoms with Gasteiger partial charge in [-0.15, -0.1) is 0 Å². The highest BCUT2D eigenvalue weighted by Gasteiger charge is 2.29. The number of nitrogens with zero attached hydrogens (tertiary/aromatic N) is 8. The number of benzene rings is 3. The maximum atomic E-state index is 11.8. The fourth-order valence-electron chi connectivity index (χ4n) is 9.39. The molecule has 3 aromatic carbocycles. The SMILES string of the molecule is C.CC(=O)N[C@H]1CCCC[C@@H]1Nc1nc(NCc2ccc(-c3ccccc3)cc2)c2ncn(C(C)C)c2n1.CC(=O)N[C@H]1CCCC[C@@H]1Nc1nc(NCc2ccc(Br)cc2)c2ncn(C(C)C)c2n1.CC(=O)OC(C)=O. The Morgan fingerprint density at radius 2 is 0.948 bits per heavy atom. The van der Waals surface area contributed by atoms with E-state index in [1.807, 2.05) is 30.9 Å². The van der Waals surface area contributed by atoms with Crippen molar-refractivity contribution < 1.29 is 23.9 Å². The van der Waals surface area contributed by atoms with Crippen molar-refractivity contribution in [1.29, 1.82) is 0 Å². The van der Waals surface area contributed by atoms with E-state index < -0.39 is 11.9 Å². The molecule has 2 fully saturated rings. The van der Waals surface area contributed by atoms with Crippen molar-refractivity contribution in [2.75, 3.05) is 21.3 Å². The molecule has 77 heavy (non-hydrogen) atoms. The van der Waals surface area contributed by atoms with E-state index in [1.54, 1.807) is 13.8 Å². The zero-order valence-corrected chi connectivity index (χ0v) is 46.3. The van der Waals surface area contributed by atoms with Crippen LogP contribution < -0.4 is 31.9 Å². The Bertz CT molecular complexity index is 3040. The number of aromatic nitrogens is 8. The summed E-state index contributed by atoms with van der Waals surface area (Å²) < 4.78 is 9.14. The molecule has 0 spiro atoms. The van der Waals surface area contributed by atoms with Gasteiger partial charge in [0.1, 0.15) is 0 Å². The third-order valence-electron chi connectivity index (χ3n) is 13.1. The van der Waals surface area contributed by atoms with Crippen LogP contribution in [0.4, 0.5) is 23.5 Å². The van der Waals surface area contributed by atoms with E-state index in [-0.39, 0.29) is 55.5 Å². The molecule has 0 unspecified atom stereocenters. The van der Waals surface area contributed by atoms with E-state index in [1.165, 1.54) is 25.0 Å². The Kier molecular flexibility index (Phi) is 21.4. The number of carbonyl (C=O) groups is 4. The molecule has 0 aliphatic heterocycles. The lowest BCUT2D eigenvalue weighted by molar-refractivity contribution is -0.156. The average molecular weight is 1120 g/mol. The zero-order chi connectivity index (χ0) is 54.3. The maximum absolute atomic E-state index is 11.8. The van der Waals surface area contributed by atoms with Gasteiger partial charge in [-0.1, -0.05) is 116 Å². The second-order valence-corrected chi connectivity index (χ2v) is 20.7. The van der Waals surface area contributed by atoms with Crippen LogP contribution in [0.1, 0.15) is 137 Å². The minimum atomic E-state index is -0.562. The summed E-state index contributed by atoms with van der Waals surface area (Å²) in [6, 6.07) is 27.9. The molecule has 0 bridgehead atoms. The van der Waals surface area contributed by atoms with Gasteiger partial charge in [0, 0.05) is 81.5 Å². The van der Waals surface area contributed by atoms with Crippen LogP contribution in [-0.4, -0.2) is 87.0 Å². The second kappa shape index (κ2) is 28.1. The number of ether oxygens (including phenoxy) is 1. The van der Waals surface area contributed by atoms with Crippen molar-refractivity contribution in [2.45, 2.75) is 164 Å². The number of carbonyl (C=O) groups excluding carboxylic acids is 4. The van der Waals surface area contributed by atoms with Gasteiger partial charge in [0.25, 0.3) is 0 Å². The third-order valence-corrected chi connectivity index (χ3v) is 13.6. The van der Waals surface area contributed by atoms with Gasteiger partial charge in [-0.2, -0.15) is 19.9 Å². The van der Waals surface area contributed by atoms with Gasteiger partial charge in [-0.25, -0.2) is 9.97 Å². The number of hydrogen-bond acceptors (Lipinski definition) is 15. The normalized spacial score (nSPS) is 16.9. The smallest absolute Gasteiger partial charge is 0.310 e. The molecule has 2 saturated carbocycles. The summed E-state index contributed by atoms with van der Waals surface area (Å²) in [5.41, 5.74) is 7.79. The van der Waals surface area contributed by atoms with E-state index >= 15 is 0 Å². The van der Waals surface area contributed by atoms with Gasteiger partial charge in [0.05, 0.1) is 12.7 Å².